The highest BCUT2D eigenvalue weighted by atomic mass is 32.2. The van der Waals surface area contributed by atoms with Crippen LogP contribution in [0.3, 0.4) is 0 Å². The van der Waals surface area contributed by atoms with Crippen LogP contribution in [0.15, 0.2) is 29.3 Å². The summed E-state index contributed by atoms with van der Waals surface area (Å²) in [6, 6.07) is 4.92. The number of thiazole rings is 2. The topological polar surface area (TPSA) is 92.3 Å². The molecule has 1 aliphatic rings. The van der Waals surface area contributed by atoms with Gasteiger partial charge in [-0.25, -0.2) is 18.4 Å². The van der Waals surface area contributed by atoms with Gasteiger partial charge in [0, 0.05) is 13.1 Å². The molecule has 2 aromatic heterocycles. The Morgan fingerprint density at radius 3 is 2.79 bits per heavy atom. The third-order valence-corrected chi connectivity index (χ3v) is 8.41. The first-order valence-electron chi connectivity index (χ1n) is 9.14. The van der Waals surface area contributed by atoms with E-state index in [1.54, 1.807) is 24.4 Å². The van der Waals surface area contributed by atoms with Crippen molar-refractivity contribution in [1.29, 1.82) is 0 Å². The number of carbonyl (C=O) groups excluding carboxylic acids is 1. The third-order valence-electron chi connectivity index (χ3n) is 4.52. The molecule has 3 aromatic rings. The van der Waals surface area contributed by atoms with Crippen molar-refractivity contribution >= 4 is 54.0 Å². The molecule has 148 valence electrons. The summed E-state index contributed by atoms with van der Waals surface area (Å²) in [7, 11) is -3.47. The summed E-state index contributed by atoms with van der Waals surface area (Å²) >= 11 is 2.65. The van der Waals surface area contributed by atoms with Gasteiger partial charge in [-0.1, -0.05) is 18.3 Å². The summed E-state index contributed by atoms with van der Waals surface area (Å²) in [6.07, 6.45) is 5.22. The van der Waals surface area contributed by atoms with Crippen molar-refractivity contribution in [3.63, 3.8) is 0 Å². The van der Waals surface area contributed by atoms with E-state index in [0.29, 0.717) is 28.6 Å². The smallest absolute Gasteiger partial charge is 0.269 e. The normalized spacial score (nSPS) is 15.3. The Hall–Kier alpha value is -1.88. The van der Waals surface area contributed by atoms with Crippen molar-refractivity contribution in [2.75, 3.05) is 18.4 Å². The van der Waals surface area contributed by atoms with Gasteiger partial charge in [-0.15, -0.1) is 11.3 Å². The lowest BCUT2D eigenvalue weighted by Crippen LogP contribution is -2.27. The maximum atomic E-state index is 12.7. The van der Waals surface area contributed by atoms with E-state index in [-0.39, 0.29) is 10.8 Å². The molecule has 0 spiro atoms. The number of sulfonamides is 1. The number of fused-ring (bicyclic) bond motifs is 1. The zero-order chi connectivity index (χ0) is 19.7. The van der Waals surface area contributed by atoms with Crippen LogP contribution in [-0.2, 0) is 16.4 Å². The summed E-state index contributed by atoms with van der Waals surface area (Å²) in [5, 5.41) is 4.18. The number of aryl methyl sites for hydroxylation is 1. The van der Waals surface area contributed by atoms with E-state index in [1.807, 2.05) is 0 Å². The number of nitrogens with zero attached hydrogens (tertiary/aromatic N) is 3. The van der Waals surface area contributed by atoms with Gasteiger partial charge in [0.1, 0.15) is 4.88 Å². The molecular weight excluding hydrogens is 416 g/mol. The molecule has 0 atom stereocenters. The minimum absolute atomic E-state index is 0.246. The highest BCUT2D eigenvalue weighted by molar-refractivity contribution is 7.89. The molecule has 28 heavy (non-hydrogen) atoms. The van der Waals surface area contributed by atoms with Crippen LogP contribution in [0.4, 0.5) is 5.13 Å². The second kappa shape index (κ2) is 7.86. The Morgan fingerprint density at radius 2 is 2.04 bits per heavy atom. The molecule has 1 N–H and O–H groups in total. The summed E-state index contributed by atoms with van der Waals surface area (Å²) < 4.78 is 27.7. The van der Waals surface area contributed by atoms with Gasteiger partial charge >= 0.3 is 0 Å². The molecule has 1 amide bonds. The van der Waals surface area contributed by atoms with Crippen molar-refractivity contribution in [3.8, 4) is 0 Å². The highest BCUT2D eigenvalue weighted by Crippen LogP contribution is 2.30. The number of aromatic nitrogens is 2. The van der Waals surface area contributed by atoms with Gasteiger partial charge < -0.3 is 0 Å². The monoisotopic (exact) mass is 436 g/mol. The zero-order valence-corrected chi connectivity index (χ0v) is 17.8. The highest BCUT2D eigenvalue weighted by Gasteiger charge is 2.27. The van der Waals surface area contributed by atoms with Crippen molar-refractivity contribution in [2.45, 2.75) is 37.5 Å². The molecule has 0 bridgehead atoms. The molecule has 4 rings (SSSR count). The average molecular weight is 437 g/mol. The molecule has 0 aliphatic carbocycles. The van der Waals surface area contributed by atoms with E-state index in [1.165, 1.54) is 27.0 Å². The Labute approximate surface area is 171 Å². The van der Waals surface area contributed by atoms with Crippen molar-refractivity contribution in [1.82, 2.24) is 14.3 Å². The summed E-state index contributed by atoms with van der Waals surface area (Å²) in [4.78, 5) is 21.9. The molecule has 0 saturated carbocycles. The molecule has 3 heterocycles. The van der Waals surface area contributed by atoms with Gasteiger partial charge in [-0.2, -0.15) is 4.31 Å². The molecule has 1 aromatic carbocycles. The largest absolute Gasteiger partial charge is 0.297 e. The summed E-state index contributed by atoms with van der Waals surface area (Å²) in [5.41, 5.74) is 0.664. The van der Waals surface area contributed by atoms with E-state index >= 15 is 0 Å². The van der Waals surface area contributed by atoms with Crippen LogP contribution in [0.25, 0.3) is 10.2 Å². The first-order chi connectivity index (χ1) is 13.5. The lowest BCUT2D eigenvalue weighted by atomic mass is 10.3. The van der Waals surface area contributed by atoms with Crippen LogP contribution in [0.5, 0.6) is 0 Å². The minimum Gasteiger partial charge on any atom is -0.297 e. The van der Waals surface area contributed by atoms with Crippen LogP contribution in [0, 0.1) is 0 Å². The quantitative estimate of drug-likeness (QED) is 0.635. The Bertz CT molecular complexity index is 1110. The van der Waals surface area contributed by atoms with E-state index < -0.39 is 10.0 Å². The van der Waals surface area contributed by atoms with Crippen LogP contribution in [0.2, 0.25) is 0 Å². The van der Waals surface area contributed by atoms with Crippen molar-refractivity contribution < 1.29 is 13.2 Å². The van der Waals surface area contributed by atoms with Crippen LogP contribution >= 0.6 is 22.7 Å². The average Bonchev–Trinajstić information content (AvgIpc) is 3.41. The molecule has 1 aliphatic heterocycles. The maximum Gasteiger partial charge on any atom is 0.269 e. The van der Waals surface area contributed by atoms with E-state index in [2.05, 4.69) is 22.2 Å². The second-order valence-corrected chi connectivity index (χ2v) is 10.7. The molecule has 0 radical (unpaired) electrons. The number of carbonyl (C=O) groups is 1. The van der Waals surface area contributed by atoms with Crippen LogP contribution < -0.4 is 5.32 Å². The minimum atomic E-state index is -3.47. The lowest BCUT2D eigenvalue weighted by Gasteiger charge is -2.15. The Kier molecular flexibility index (Phi) is 5.46. The molecular formula is C18H20N4O3S3. The van der Waals surface area contributed by atoms with E-state index in [9.17, 15) is 13.2 Å². The third kappa shape index (κ3) is 3.82. The Balaban J connectivity index is 1.55. The fraction of sp³-hybridized carbons (Fsp3) is 0.389. The second-order valence-electron chi connectivity index (χ2n) is 6.58. The summed E-state index contributed by atoms with van der Waals surface area (Å²) in [5.74, 6) is -0.246. The fourth-order valence-electron chi connectivity index (χ4n) is 3.10. The number of anilines is 1. The van der Waals surface area contributed by atoms with E-state index in [4.69, 9.17) is 0 Å². The fourth-order valence-corrected chi connectivity index (χ4v) is 6.53. The van der Waals surface area contributed by atoms with Crippen molar-refractivity contribution in [2.24, 2.45) is 0 Å². The maximum absolute atomic E-state index is 12.7. The first kappa shape index (κ1) is 19.4. The predicted molar refractivity (Wildman–Crippen MR) is 112 cm³/mol. The zero-order valence-electron chi connectivity index (χ0n) is 15.3. The molecule has 1 fully saturated rings. The lowest BCUT2D eigenvalue weighted by molar-refractivity contribution is 0.103. The number of benzene rings is 1. The van der Waals surface area contributed by atoms with Gasteiger partial charge in [0.25, 0.3) is 5.91 Å². The predicted octanol–water partition coefficient (Wildman–Crippen LogP) is 3.74. The van der Waals surface area contributed by atoms with Crippen LogP contribution in [-0.4, -0.2) is 41.7 Å². The molecule has 7 nitrogen and oxygen atoms in total. The van der Waals surface area contributed by atoms with Gasteiger partial charge in [-0.05, 0) is 43.9 Å². The number of nitrogens with one attached hydrogen (secondary N) is 1. The Morgan fingerprint density at radius 1 is 1.25 bits per heavy atom. The van der Waals surface area contributed by atoms with E-state index in [0.717, 1.165) is 35.4 Å². The van der Waals surface area contributed by atoms with Gasteiger partial charge in [0.2, 0.25) is 10.0 Å². The SMILES string of the molecule is CCCc1ncc(C(=O)Nc2nc3ccc(S(=O)(=O)N4CCCC4)cc3s2)s1. The molecule has 0 unspecified atom stereocenters. The first-order valence-corrected chi connectivity index (χ1v) is 12.2. The molecule has 1 saturated heterocycles. The number of hydrogen-bond acceptors (Lipinski definition) is 7. The van der Waals surface area contributed by atoms with Gasteiger partial charge in [0.05, 0.1) is 26.3 Å². The van der Waals surface area contributed by atoms with Crippen LogP contribution in [0.1, 0.15) is 40.9 Å². The van der Waals surface area contributed by atoms with Gasteiger partial charge in [-0.3, -0.25) is 10.1 Å². The summed E-state index contributed by atoms with van der Waals surface area (Å²) in [6.45, 7) is 3.21. The number of amides is 1. The standard InChI is InChI=1S/C18H20N4O3S3/c1-2-5-16-19-11-15(26-16)17(23)21-18-20-13-7-6-12(10-14(13)27-18)28(24,25)22-8-3-4-9-22/h6-7,10-11H,2-5,8-9H2,1H3,(H,20,21,23). The van der Waals surface area contributed by atoms with Crippen molar-refractivity contribution in [3.05, 3.63) is 34.3 Å². The number of hydrogen-bond donors (Lipinski definition) is 1. The molecule has 10 heteroatoms. The van der Waals surface area contributed by atoms with Gasteiger partial charge in [0.15, 0.2) is 5.13 Å². The number of rotatable bonds is 6.